The number of rotatable bonds is 4. The predicted molar refractivity (Wildman–Crippen MR) is 91.8 cm³/mol. The third-order valence-corrected chi connectivity index (χ3v) is 6.61. The van der Waals surface area contributed by atoms with Gasteiger partial charge in [0.15, 0.2) is 0 Å². The van der Waals surface area contributed by atoms with E-state index < -0.39 is 17.4 Å². The van der Waals surface area contributed by atoms with E-state index >= 15 is 0 Å². The van der Waals surface area contributed by atoms with E-state index in [1.54, 1.807) is 19.4 Å². The van der Waals surface area contributed by atoms with Gasteiger partial charge in [-0.25, -0.2) is 8.78 Å². The number of hydrogen-bond donors (Lipinski definition) is 1. The van der Waals surface area contributed by atoms with Gasteiger partial charge in [-0.1, -0.05) is 6.42 Å². The lowest BCUT2D eigenvalue weighted by Crippen LogP contribution is -2.63. The van der Waals surface area contributed by atoms with Crippen LogP contribution in [-0.4, -0.2) is 48.0 Å². The summed E-state index contributed by atoms with van der Waals surface area (Å²) in [5, 5.41) is 0. The number of pyridine rings is 1. The van der Waals surface area contributed by atoms with Crippen molar-refractivity contribution >= 4 is 5.91 Å². The lowest BCUT2D eigenvalue weighted by Gasteiger charge is -2.58. The van der Waals surface area contributed by atoms with Crippen LogP contribution in [0, 0.1) is 11.8 Å². The largest absolute Gasteiger partial charge is 0.373 e. The third kappa shape index (κ3) is 2.72. The maximum absolute atomic E-state index is 13.3. The summed E-state index contributed by atoms with van der Waals surface area (Å²) in [4.78, 5) is 17.8. The summed E-state index contributed by atoms with van der Waals surface area (Å²) in [6.45, 7) is 1.50. The van der Waals surface area contributed by atoms with Crippen LogP contribution < -0.4 is 5.73 Å². The molecule has 1 amide bonds. The van der Waals surface area contributed by atoms with Gasteiger partial charge in [-0.15, -0.1) is 0 Å². The zero-order valence-corrected chi connectivity index (χ0v) is 15.0. The zero-order valence-electron chi connectivity index (χ0n) is 15.0. The number of carbonyl (C=O) groups is 1. The molecule has 3 fully saturated rings. The van der Waals surface area contributed by atoms with Gasteiger partial charge in [-0.2, -0.15) is 0 Å². The van der Waals surface area contributed by atoms with Gasteiger partial charge in [-0.3, -0.25) is 14.7 Å². The van der Waals surface area contributed by atoms with Crippen molar-refractivity contribution in [3.8, 4) is 0 Å². The summed E-state index contributed by atoms with van der Waals surface area (Å²) < 4.78 is 32.8. The van der Waals surface area contributed by atoms with Gasteiger partial charge in [0.05, 0.1) is 0 Å². The van der Waals surface area contributed by atoms with Gasteiger partial charge in [0, 0.05) is 57.1 Å². The van der Waals surface area contributed by atoms with E-state index in [4.69, 9.17) is 10.5 Å². The molecule has 1 aromatic rings. The van der Waals surface area contributed by atoms with Gasteiger partial charge in [0.25, 0.3) is 11.8 Å². The maximum atomic E-state index is 13.3. The second-order valence-corrected chi connectivity index (χ2v) is 7.99. The number of primary amides is 1. The highest BCUT2D eigenvalue weighted by atomic mass is 19.3. The fourth-order valence-corrected chi connectivity index (χ4v) is 5.38. The highest BCUT2D eigenvalue weighted by Crippen LogP contribution is 2.53. The molecule has 2 saturated carbocycles. The van der Waals surface area contributed by atoms with E-state index in [0.29, 0.717) is 0 Å². The minimum atomic E-state index is -2.50. The summed E-state index contributed by atoms with van der Waals surface area (Å²) in [5.74, 6) is -2.65. The molecule has 2 N–H and O–H groups in total. The third-order valence-electron chi connectivity index (χ3n) is 6.61. The minimum Gasteiger partial charge on any atom is -0.373 e. The first-order chi connectivity index (χ1) is 12.4. The lowest BCUT2D eigenvalue weighted by atomic mass is 9.61. The normalized spacial score (nSPS) is 34.3. The molecular weight excluding hydrogens is 340 g/mol. The number of methoxy groups -OCH3 is 1. The number of ether oxygens (including phenoxy) is 1. The average molecular weight is 365 g/mol. The molecule has 3 aliphatic rings. The van der Waals surface area contributed by atoms with Crippen molar-refractivity contribution in [2.75, 3.05) is 20.2 Å². The molecule has 1 aromatic heterocycles. The molecule has 0 spiro atoms. The number of halogens is 2. The van der Waals surface area contributed by atoms with Crippen LogP contribution in [0.25, 0.3) is 0 Å². The first-order valence-corrected chi connectivity index (χ1v) is 9.29. The predicted octanol–water partition coefficient (Wildman–Crippen LogP) is 2.55. The number of hydrogen-bond acceptors (Lipinski definition) is 4. The number of carbonyl (C=O) groups excluding carboxylic acids is 1. The van der Waals surface area contributed by atoms with Gasteiger partial charge >= 0.3 is 0 Å². The quantitative estimate of drug-likeness (QED) is 0.890. The fraction of sp³-hybridized carbons (Fsp3) is 0.684. The van der Waals surface area contributed by atoms with Crippen LogP contribution in [0.2, 0.25) is 0 Å². The number of aromatic nitrogens is 1. The van der Waals surface area contributed by atoms with Crippen LogP contribution >= 0.6 is 0 Å². The number of likely N-dealkylation sites (tertiary alicyclic amines) is 1. The van der Waals surface area contributed by atoms with E-state index in [1.807, 2.05) is 6.07 Å². The molecule has 2 aliphatic carbocycles. The number of nitrogens with zero attached hydrogens (tertiary/aromatic N) is 2. The Morgan fingerprint density at radius 1 is 1.31 bits per heavy atom. The smallest absolute Gasteiger partial charge is 0.267 e. The SMILES string of the molecule is COC1(c2ccnc(C(N)=O)c2)[C@@H]2CCC[C@H]1CN(C1CC(F)(F)C1)C2. The van der Waals surface area contributed by atoms with Crippen molar-refractivity contribution in [2.45, 2.75) is 49.7 Å². The standard InChI is InChI=1S/C19H25F2N3O2/c1-26-19(12-5-6-23-16(7-12)17(22)25)13-3-2-4-14(19)11-24(10-13)15-8-18(20,21)9-15/h5-7,13-15H,2-4,8-11H2,1H3,(H2,22,25)/t13-,14+,19?. The van der Waals surface area contributed by atoms with E-state index in [0.717, 1.165) is 37.9 Å². The fourth-order valence-electron chi connectivity index (χ4n) is 5.38. The molecule has 3 atom stereocenters. The van der Waals surface area contributed by atoms with Gasteiger partial charge in [-0.05, 0) is 30.5 Å². The second kappa shape index (κ2) is 6.23. The van der Waals surface area contributed by atoms with Crippen molar-refractivity contribution in [2.24, 2.45) is 17.6 Å². The van der Waals surface area contributed by atoms with Gasteiger partial charge in [0.1, 0.15) is 11.3 Å². The van der Waals surface area contributed by atoms with Crippen LogP contribution in [0.1, 0.15) is 48.2 Å². The van der Waals surface area contributed by atoms with E-state index in [2.05, 4.69) is 9.88 Å². The summed E-state index contributed by atoms with van der Waals surface area (Å²) in [5.41, 5.74) is 6.06. The van der Waals surface area contributed by atoms with Crippen molar-refractivity contribution in [1.29, 1.82) is 0 Å². The minimum absolute atomic E-state index is 0.0263. The Labute approximate surface area is 151 Å². The molecule has 1 aliphatic heterocycles. The Kier molecular flexibility index (Phi) is 4.27. The van der Waals surface area contributed by atoms with E-state index in [1.165, 1.54) is 0 Å². The van der Waals surface area contributed by atoms with Gasteiger partial charge < -0.3 is 10.5 Å². The molecule has 26 heavy (non-hydrogen) atoms. The first-order valence-electron chi connectivity index (χ1n) is 9.29. The molecule has 142 valence electrons. The molecule has 4 rings (SSSR count). The highest BCUT2D eigenvalue weighted by Gasteiger charge is 2.57. The molecule has 2 heterocycles. The summed E-state index contributed by atoms with van der Waals surface area (Å²) in [6.07, 6.45) is 4.62. The molecule has 1 saturated heterocycles. The van der Waals surface area contributed by atoms with Crippen molar-refractivity contribution in [1.82, 2.24) is 9.88 Å². The van der Waals surface area contributed by atoms with Crippen LogP contribution in [0.3, 0.4) is 0 Å². The van der Waals surface area contributed by atoms with E-state index in [9.17, 15) is 13.6 Å². The molecular formula is C19H25F2N3O2. The number of alkyl halides is 2. The Morgan fingerprint density at radius 2 is 1.96 bits per heavy atom. The Morgan fingerprint density at radius 3 is 2.50 bits per heavy atom. The first kappa shape index (κ1) is 17.8. The zero-order chi connectivity index (χ0) is 18.5. The molecule has 1 unspecified atom stereocenters. The molecule has 2 bridgehead atoms. The van der Waals surface area contributed by atoms with Crippen LogP contribution in [0.15, 0.2) is 18.3 Å². The topological polar surface area (TPSA) is 68.5 Å². The van der Waals surface area contributed by atoms with Crippen molar-refractivity contribution in [3.05, 3.63) is 29.6 Å². The number of nitrogens with two attached hydrogens (primary N) is 1. The monoisotopic (exact) mass is 365 g/mol. The van der Waals surface area contributed by atoms with Crippen LogP contribution in [0.5, 0.6) is 0 Å². The van der Waals surface area contributed by atoms with Gasteiger partial charge in [0.2, 0.25) is 0 Å². The number of amides is 1. The number of piperidine rings is 1. The summed E-state index contributed by atoms with van der Waals surface area (Å²) in [7, 11) is 1.71. The van der Waals surface area contributed by atoms with Crippen LogP contribution in [0.4, 0.5) is 8.78 Å². The van der Waals surface area contributed by atoms with Crippen molar-refractivity contribution < 1.29 is 18.3 Å². The maximum Gasteiger partial charge on any atom is 0.267 e. The Balaban J connectivity index is 1.64. The molecule has 7 heteroatoms. The van der Waals surface area contributed by atoms with Crippen LogP contribution in [-0.2, 0) is 10.3 Å². The summed E-state index contributed by atoms with van der Waals surface area (Å²) in [6, 6.07) is 3.61. The Hall–Kier alpha value is -1.60. The molecule has 5 nitrogen and oxygen atoms in total. The summed E-state index contributed by atoms with van der Waals surface area (Å²) >= 11 is 0. The average Bonchev–Trinajstić information content (AvgIpc) is 2.58. The van der Waals surface area contributed by atoms with E-state index in [-0.39, 0.29) is 36.4 Å². The van der Waals surface area contributed by atoms with Crippen molar-refractivity contribution in [3.63, 3.8) is 0 Å². The Bertz CT molecular complexity index is 690. The second-order valence-electron chi connectivity index (χ2n) is 7.99. The lowest BCUT2D eigenvalue weighted by molar-refractivity contribution is -0.197. The molecule has 0 radical (unpaired) electrons. The highest BCUT2D eigenvalue weighted by molar-refractivity contribution is 5.90. The number of fused-ring (bicyclic) bond motifs is 2. The molecule has 0 aromatic carbocycles.